The second kappa shape index (κ2) is 5.48. The quantitative estimate of drug-likeness (QED) is 0.925. The molecule has 2 aromatic rings. The summed E-state index contributed by atoms with van der Waals surface area (Å²) in [5, 5.41) is 4.76. The number of nitrogens with one attached hydrogen (secondary N) is 1. The number of piperazine rings is 1. The van der Waals surface area contributed by atoms with E-state index in [1.54, 1.807) is 16.2 Å². The maximum absolute atomic E-state index is 12.5. The largest absolute Gasteiger partial charge is 0.342 e. The fourth-order valence-electron chi connectivity index (χ4n) is 2.53. The highest BCUT2D eigenvalue weighted by Crippen LogP contribution is 2.17. The number of carbonyl (C=O) groups is 2. The van der Waals surface area contributed by atoms with E-state index in [0.717, 1.165) is 17.1 Å². The van der Waals surface area contributed by atoms with Crippen LogP contribution in [0.25, 0.3) is 4.96 Å². The zero-order valence-corrected chi connectivity index (χ0v) is 12.9. The van der Waals surface area contributed by atoms with Crippen LogP contribution in [0.1, 0.15) is 26.0 Å². The van der Waals surface area contributed by atoms with E-state index < -0.39 is 6.04 Å². The molecule has 112 valence electrons. The van der Waals surface area contributed by atoms with Crippen molar-refractivity contribution >= 4 is 28.1 Å². The second-order valence-corrected chi connectivity index (χ2v) is 6.32. The Hall–Kier alpha value is -1.89. The zero-order valence-electron chi connectivity index (χ0n) is 12.1. The summed E-state index contributed by atoms with van der Waals surface area (Å²) in [6.45, 7) is 4.50. The van der Waals surface area contributed by atoms with Gasteiger partial charge in [-0.3, -0.25) is 14.0 Å². The van der Waals surface area contributed by atoms with Gasteiger partial charge in [0.2, 0.25) is 11.8 Å². The summed E-state index contributed by atoms with van der Waals surface area (Å²) in [5.74, 6) is 0.0240. The second-order valence-electron chi connectivity index (χ2n) is 5.45. The lowest BCUT2D eigenvalue weighted by atomic mass is 9.96. The van der Waals surface area contributed by atoms with Crippen molar-refractivity contribution in [3.63, 3.8) is 0 Å². The summed E-state index contributed by atoms with van der Waals surface area (Å²) in [6.07, 6.45) is 4.69. The van der Waals surface area contributed by atoms with Crippen LogP contribution in [0.3, 0.4) is 0 Å². The molecule has 3 rings (SSSR count). The van der Waals surface area contributed by atoms with Crippen LogP contribution in [0.15, 0.2) is 17.8 Å². The lowest BCUT2D eigenvalue weighted by Gasteiger charge is -2.34. The molecule has 1 aliphatic rings. The molecule has 1 saturated heterocycles. The Balaban J connectivity index is 1.78. The van der Waals surface area contributed by atoms with Crippen molar-refractivity contribution in [1.82, 2.24) is 19.6 Å². The van der Waals surface area contributed by atoms with Crippen LogP contribution >= 0.6 is 11.3 Å². The summed E-state index contributed by atoms with van der Waals surface area (Å²) >= 11 is 1.55. The van der Waals surface area contributed by atoms with Crippen LogP contribution in [0.2, 0.25) is 0 Å². The van der Waals surface area contributed by atoms with Crippen molar-refractivity contribution in [2.24, 2.45) is 5.92 Å². The summed E-state index contributed by atoms with van der Waals surface area (Å²) < 4.78 is 1.93. The first kappa shape index (κ1) is 14.1. The number of carbonyl (C=O) groups excluding carboxylic acids is 2. The van der Waals surface area contributed by atoms with Crippen molar-refractivity contribution in [1.29, 1.82) is 0 Å². The van der Waals surface area contributed by atoms with E-state index in [1.165, 1.54) is 0 Å². The van der Waals surface area contributed by atoms with Crippen LogP contribution < -0.4 is 5.32 Å². The highest BCUT2D eigenvalue weighted by molar-refractivity contribution is 7.15. The maximum Gasteiger partial charge on any atom is 0.246 e. The third-order valence-electron chi connectivity index (χ3n) is 3.94. The molecule has 1 aliphatic heterocycles. The lowest BCUT2D eigenvalue weighted by Crippen LogP contribution is -2.59. The standard InChI is InChI=1S/C14H18N4O2S/c1-3-9(2)12-13(20)18(8-11(19)16-12)7-10-6-17-4-5-21-14(17)15-10/h4-6,9,12H,3,7-8H2,1-2H3,(H,16,19). The van der Waals surface area contributed by atoms with Crippen LogP contribution in [-0.4, -0.2) is 38.7 Å². The molecule has 2 aromatic heterocycles. The third kappa shape index (κ3) is 2.65. The number of rotatable bonds is 4. The first-order valence-corrected chi connectivity index (χ1v) is 7.95. The van der Waals surface area contributed by atoms with Gasteiger partial charge in [-0.25, -0.2) is 4.98 Å². The molecule has 0 aromatic carbocycles. The van der Waals surface area contributed by atoms with Crippen molar-refractivity contribution in [3.05, 3.63) is 23.5 Å². The number of hydrogen-bond acceptors (Lipinski definition) is 4. The summed E-state index contributed by atoms with van der Waals surface area (Å²) in [7, 11) is 0. The molecule has 1 N–H and O–H groups in total. The third-order valence-corrected chi connectivity index (χ3v) is 4.71. The summed E-state index contributed by atoms with van der Waals surface area (Å²) in [6, 6.07) is -0.417. The van der Waals surface area contributed by atoms with Crippen molar-refractivity contribution in [3.8, 4) is 0 Å². The van der Waals surface area contributed by atoms with Crippen LogP contribution in [0.5, 0.6) is 0 Å². The molecular weight excluding hydrogens is 288 g/mol. The average Bonchev–Trinajstić information content (AvgIpc) is 3.02. The molecule has 2 amide bonds. The molecule has 0 spiro atoms. The predicted octanol–water partition coefficient (Wildman–Crippen LogP) is 1.27. The molecule has 0 aliphatic carbocycles. The minimum absolute atomic E-state index is 0.0136. The Morgan fingerprint density at radius 1 is 1.52 bits per heavy atom. The molecule has 1 fully saturated rings. The van der Waals surface area contributed by atoms with E-state index in [-0.39, 0.29) is 24.3 Å². The number of aromatic nitrogens is 2. The van der Waals surface area contributed by atoms with Crippen LogP contribution in [-0.2, 0) is 16.1 Å². The van der Waals surface area contributed by atoms with Gasteiger partial charge in [-0.2, -0.15) is 0 Å². The van der Waals surface area contributed by atoms with Gasteiger partial charge >= 0.3 is 0 Å². The first-order chi connectivity index (χ1) is 10.1. The molecule has 0 bridgehead atoms. The van der Waals surface area contributed by atoms with E-state index >= 15 is 0 Å². The maximum atomic E-state index is 12.5. The number of fused-ring (bicyclic) bond motifs is 1. The molecule has 2 unspecified atom stereocenters. The molecule has 3 heterocycles. The highest BCUT2D eigenvalue weighted by Gasteiger charge is 2.35. The monoisotopic (exact) mass is 306 g/mol. The molecule has 0 saturated carbocycles. The first-order valence-electron chi connectivity index (χ1n) is 7.07. The van der Waals surface area contributed by atoms with Crippen LogP contribution in [0.4, 0.5) is 0 Å². The highest BCUT2D eigenvalue weighted by atomic mass is 32.1. The van der Waals surface area contributed by atoms with E-state index in [0.29, 0.717) is 6.54 Å². The van der Waals surface area contributed by atoms with Gasteiger partial charge in [0.15, 0.2) is 4.96 Å². The lowest BCUT2D eigenvalue weighted by molar-refractivity contribution is -0.146. The smallest absolute Gasteiger partial charge is 0.246 e. The summed E-state index contributed by atoms with van der Waals surface area (Å²) in [5.41, 5.74) is 0.813. The van der Waals surface area contributed by atoms with Crippen molar-refractivity contribution in [2.45, 2.75) is 32.9 Å². The van der Waals surface area contributed by atoms with Gasteiger partial charge in [0.25, 0.3) is 0 Å². The van der Waals surface area contributed by atoms with Crippen molar-refractivity contribution < 1.29 is 9.59 Å². The predicted molar refractivity (Wildman–Crippen MR) is 79.9 cm³/mol. The van der Waals surface area contributed by atoms with Crippen molar-refractivity contribution in [2.75, 3.05) is 6.54 Å². The Morgan fingerprint density at radius 3 is 3.05 bits per heavy atom. The molecule has 21 heavy (non-hydrogen) atoms. The Kier molecular flexibility index (Phi) is 3.67. The molecule has 6 nitrogen and oxygen atoms in total. The Labute approximate surface area is 126 Å². The average molecular weight is 306 g/mol. The molecule has 7 heteroatoms. The van der Waals surface area contributed by atoms with Gasteiger partial charge in [0, 0.05) is 17.8 Å². The van der Waals surface area contributed by atoms with E-state index in [2.05, 4.69) is 10.3 Å². The number of nitrogens with zero attached hydrogens (tertiary/aromatic N) is 3. The number of imidazole rings is 1. The topological polar surface area (TPSA) is 66.7 Å². The Morgan fingerprint density at radius 2 is 2.33 bits per heavy atom. The molecular formula is C14H18N4O2S. The Bertz CT molecular complexity index is 649. The normalized spacial score (nSPS) is 20.9. The summed E-state index contributed by atoms with van der Waals surface area (Å²) in [4.78, 5) is 31.3. The van der Waals surface area contributed by atoms with Gasteiger partial charge in [-0.15, -0.1) is 11.3 Å². The molecule has 2 atom stereocenters. The van der Waals surface area contributed by atoms with E-state index in [4.69, 9.17) is 0 Å². The zero-order chi connectivity index (χ0) is 15.0. The van der Waals surface area contributed by atoms with Gasteiger partial charge in [0.05, 0.1) is 12.2 Å². The minimum Gasteiger partial charge on any atom is -0.342 e. The number of thiazole rings is 1. The van der Waals surface area contributed by atoms with Gasteiger partial charge < -0.3 is 10.2 Å². The molecule has 0 radical (unpaired) electrons. The number of amides is 2. The van der Waals surface area contributed by atoms with Gasteiger partial charge in [-0.05, 0) is 5.92 Å². The van der Waals surface area contributed by atoms with E-state index in [9.17, 15) is 9.59 Å². The van der Waals surface area contributed by atoms with Gasteiger partial charge in [-0.1, -0.05) is 20.3 Å². The van der Waals surface area contributed by atoms with Gasteiger partial charge in [0.1, 0.15) is 12.6 Å². The fraction of sp³-hybridized carbons (Fsp3) is 0.500. The minimum atomic E-state index is -0.417. The van der Waals surface area contributed by atoms with Crippen LogP contribution in [0, 0.1) is 5.92 Å². The SMILES string of the molecule is CCC(C)C1NC(=O)CN(Cc2cn3ccsc3n2)C1=O. The van der Waals surface area contributed by atoms with E-state index in [1.807, 2.05) is 36.0 Å². The fourth-order valence-corrected chi connectivity index (χ4v) is 3.25. The number of hydrogen-bond donors (Lipinski definition) is 1.